The van der Waals surface area contributed by atoms with Crippen molar-refractivity contribution in [2.75, 3.05) is 24.5 Å². The molecule has 3 rings (SSSR count). The summed E-state index contributed by atoms with van der Waals surface area (Å²) in [4.78, 5) is 28.2. The lowest BCUT2D eigenvalue weighted by atomic mass is 9.96. The Kier molecular flexibility index (Phi) is 6.12. The van der Waals surface area contributed by atoms with Gasteiger partial charge in [0.25, 0.3) is 0 Å². The molecule has 2 aromatic carbocycles. The van der Waals surface area contributed by atoms with Crippen LogP contribution in [0.2, 0.25) is 0 Å². The molecule has 0 spiro atoms. The lowest BCUT2D eigenvalue weighted by Gasteiger charge is -2.33. The number of rotatable bonds is 6. The average Bonchev–Trinajstić information content (AvgIpc) is 2.69. The van der Waals surface area contributed by atoms with Crippen LogP contribution in [-0.2, 0) is 16.1 Å². The molecule has 0 radical (unpaired) electrons. The van der Waals surface area contributed by atoms with Crippen molar-refractivity contribution in [2.24, 2.45) is 11.7 Å². The Bertz CT molecular complexity index is 766. The molecular formula is C22H27N3O2. The van der Waals surface area contributed by atoms with Gasteiger partial charge in [-0.15, -0.1) is 0 Å². The smallest absolute Gasteiger partial charge is 0.242 e. The van der Waals surface area contributed by atoms with Crippen molar-refractivity contribution >= 4 is 17.5 Å². The van der Waals surface area contributed by atoms with Crippen LogP contribution < -0.4 is 10.6 Å². The van der Waals surface area contributed by atoms with E-state index in [1.165, 1.54) is 11.1 Å². The summed E-state index contributed by atoms with van der Waals surface area (Å²) < 4.78 is 0. The monoisotopic (exact) mass is 365 g/mol. The van der Waals surface area contributed by atoms with Gasteiger partial charge in [0.1, 0.15) is 0 Å². The van der Waals surface area contributed by atoms with Crippen LogP contribution in [0.4, 0.5) is 5.69 Å². The fourth-order valence-electron chi connectivity index (χ4n) is 3.47. The molecule has 27 heavy (non-hydrogen) atoms. The van der Waals surface area contributed by atoms with Gasteiger partial charge in [0.15, 0.2) is 0 Å². The van der Waals surface area contributed by atoms with Gasteiger partial charge < -0.3 is 15.5 Å². The molecule has 0 aromatic heterocycles. The van der Waals surface area contributed by atoms with Crippen molar-refractivity contribution in [2.45, 2.75) is 26.3 Å². The van der Waals surface area contributed by atoms with Crippen molar-refractivity contribution in [3.8, 4) is 0 Å². The molecule has 2 amide bonds. The fraction of sp³-hybridized carbons (Fsp3) is 0.364. The predicted octanol–water partition coefficient (Wildman–Crippen LogP) is 2.73. The van der Waals surface area contributed by atoms with E-state index in [0.29, 0.717) is 39.0 Å². The second-order valence-electron chi connectivity index (χ2n) is 7.23. The maximum absolute atomic E-state index is 12.9. The third kappa shape index (κ3) is 5.09. The summed E-state index contributed by atoms with van der Waals surface area (Å²) in [6, 6.07) is 18.4. The standard InChI is InChI=1S/C22H27N3O2/c1-17-7-9-20(10-8-17)25(15-18-5-3-2-4-6-18)16-21(26)24-13-11-19(12-14-24)22(23)27/h2-10,19H,11-16H2,1H3,(H2,23,27). The summed E-state index contributed by atoms with van der Waals surface area (Å²) in [5.74, 6) is -0.270. The van der Waals surface area contributed by atoms with Crippen LogP contribution in [0.25, 0.3) is 0 Å². The van der Waals surface area contributed by atoms with Gasteiger partial charge >= 0.3 is 0 Å². The summed E-state index contributed by atoms with van der Waals surface area (Å²) in [7, 11) is 0. The number of benzene rings is 2. The van der Waals surface area contributed by atoms with Crippen molar-refractivity contribution in [3.05, 3.63) is 65.7 Å². The van der Waals surface area contributed by atoms with Crippen molar-refractivity contribution in [1.82, 2.24) is 4.90 Å². The normalized spacial score (nSPS) is 14.8. The SMILES string of the molecule is Cc1ccc(N(CC(=O)N2CCC(C(N)=O)CC2)Cc2ccccc2)cc1. The number of primary amides is 1. The second-order valence-corrected chi connectivity index (χ2v) is 7.23. The zero-order valence-corrected chi connectivity index (χ0v) is 15.8. The van der Waals surface area contributed by atoms with Gasteiger partial charge in [0, 0.05) is 31.2 Å². The van der Waals surface area contributed by atoms with Crippen LogP contribution in [-0.4, -0.2) is 36.3 Å². The molecule has 0 saturated carbocycles. The fourth-order valence-corrected chi connectivity index (χ4v) is 3.47. The first-order chi connectivity index (χ1) is 13.0. The number of amides is 2. The lowest BCUT2D eigenvalue weighted by Crippen LogP contribution is -2.45. The van der Waals surface area contributed by atoms with E-state index in [9.17, 15) is 9.59 Å². The van der Waals surface area contributed by atoms with Crippen molar-refractivity contribution in [3.63, 3.8) is 0 Å². The van der Waals surface area contributed by atoms with E-state index in [-0.39, 0.29) is 17.7 Å². The number of piperidine rings is 1. The van der Waals surface area contributed by atoms with Crippen molar-refractivity contribution in [1.29, 1.82) is 0 Å². The summed E-state index contributed by atoms with van der Waals surface area (Å²) in [5.41, 5.74) is 8.78. The quantitative estimate of drug-likeness (QED) is 0.856. The Labute approximate surface area is 160 Å². The predicted molar refractivity (Wildman–Crippen MR) is 107 cm³/mol. The third-order valence-electron chi connectivity index (χ3n) is 5.19. The Morgan fingerprint density at radius 2 is 1.67 bits per heavy atom. The number of aryl methyl sites for hydroxylation is 1. The van der Waals surface area contributed by atoms with Crippen LogP contribution in [0.3, 0.4) is 0 Å². The van der Waals surface area contributed by atoms with Gasteiger partial charge in [-0.1, -0.05) is 48.0 Å². The third-order valence-corrected chi connectivity index (χ3v) is 5.19. The first-order valence-corrected chi connectivity index (χ1v) is 9.45. The highest BCUT2D eigenvalue weighted by Gasteiger charge is 2.26. The minimum absolute atomic E-state index is 0.0921. The maximum Gasteiger partial charge on any atom is 0.242 e. The highest BCUT2D eigenvalue weighted by Crippen LogP contribution is 2.20. The second kappa shape index (κ2) is 8.71. The van der Waals surface area contributed by atoms with Gasteiger partial charge in [-0.3, -0.25) is 9.59 Å². The molecule has 1 aliphatic rings. The molecular weight excluding hydrogens is 338 g/mol. The summed E-state index contributed by atoms with van der Waals surface area (Å²) in [5, 5.41) is 0. The van der Waals surface area contributed by atoms with E-state index < -0.39 is 0 Å². The van der Waals surface area contributed by atoms with Gasteiger partial charge in [-0.2, -0.15) is 0 Å². The van der Waals surface area contributed by atoms with Crippen LogP contribution >= 0.6 is 0 Å². The Morgan fingerprint density at radius 3 is 2.26 bits per heavy atom. The molecule has 1 saturated heterocycles. The molecule has 2 N–H and O–H groups in total. The topological polar surface area (TPSA) is 66.6 Å². The molecule has 5 heteroatoms. The molecule has 5 nitrogen and oxygen atoms in total. The Hall–Kier alpha value is -2.82. The summed E-state index contributed by atoms with van der Waals surface area (Å²) in [6.07, 6.45) is 1.31. The molecule has 2 aromatic rings. The summed E-state index contributed by atoms with van der Waals surface area (Å²) >= 11 is 0. The maximum atomic E-state index is 12.9. The highest BCUT2D eigenvalue weighted by molar-refractivity contribution is 5.82. The van der Waals surface area contributed by atoms with Gasteiger partial charge in [-0.05, 0) is 37.5 Å². The number of nitrogens with zero attached hydrogens (tertiary/aromatic N) is 2. The molecule has 0 bridgehead atoms. The van der Waals surface area contributed by atoms with Gasteiger partial charge in [0.05, 0.1) is 6.54 Å². The van der Waals surface area contributed by atoms with Gasteiger partial charge in [-0.25, -0.2) is 0 Å². The van der Waals surface area contributed by atoms with E-state index in [0.717, 1.165) is 5.69 Å². The summed E-state index contributed by atoms with van der Waals surface area (Å²) in [6.45, 7) is 4.24. The number of anilines is 1. The Morgan fingerprint density at radius 1 is 1.04 bits per heavy atom. The van der Waals surface area contributed by atoms with Crippen LogP contribution in [0.1, 0.15) is 24.0 Å². The molecule has 0 aliphatic carbocycles. The van der Waals surface area contributed by atoms with Crippen LogP contribution in [0.15, 0.2) is 54.6 Å². The van der Waals surface area contributed by atoms with Gasteiger partial charge in [0.2, 0.25) is 11.8 Å². The minimum Gasteiger partial charge on any atom is -0.369 e. The number of likely N-dealkylation sites (tertiary alicyclic amines) is 1. The lowest BCUT2D eigenvalue weighted by molar-refractivity contribution is -0.133. The molecule has 0 atom stereocenters. The largest absolute Gasteiger partial charge is 0.369 e. The number of carbonyl (C=O) groups excluding carboxylic acids is 2. The number of hydrogen-bond acceptors (Lipinski definition) is 3. The van der Waals surface area contributed by atoms with E-state index in [1.807, 2.05) is 23.1 Å². The highest BCUT2D eigenvalue weighted by atomic mass is 16.2. The van der Waals surface area contributed by atoms with E-state index in [1.54, 1.807) is 0 Å². The molecule has 0 unspecified atom stereocenters. The number of hydrogen-bond donors (Lipinski definition) is 1. The van der Waals surface area contributed by atoms with E-state index >= 15 is 0 Å². The van der Waals surface area contributed by atoms with E-state index in [4.69, 9.17) is 5.73 Å². The van der Waals surface area contributed by atoms with Crippen LogP contribution in [0, 0.1) is 12.8 Å². The molecule has 1 heterocycles. The zero-order valence-electron chi connectivity index (χ0n) is 15.8. The van der Waals surface area contributed by atoms with Crippen molar-refractivity contribution < 1.29 is 9.59 Å². The zero-order chi connectivity index (χ0) is 19.2. The first kappa shape index (κ1) is 19.0. The number of carbonyl (C=O) groups is 2. The molecule has 1 aliphatic heterocycles. The minimum atomic E-state index is -0.257. The molecule has 1 fully saturated rings. The Balaban J connectivity index is 1.70. The average molecular weight is 365 g/mol. The number of nitrogens with two attached hydrogens (primary N) is 1. The molecule has 142 valence electrons. The van der Waals surface area contributed by atoms with E-state index in [2.05, 4.69) is 48.2 Å². The van der Waals surface area contributed by atoms with Crippen LogP contribution in [0.5, 0.6) is 0 Å². The first-order valence-electron chi connectivity index (χ1n) is 9.45.